The van der Waals surface area contributed by atoms with Gasteiger partial charge in [0.25, 0.3) is 5.91 Å². The van der Waals surface area contributed by atoms with Gasteiger partial charge in [0.1, 0.15) is 5.82 Å². The first-order valence-electron chi connectivity index (χ1n) is 6.18. The number of anilines is 1. The van der Waals surface area contributed by atoms with Gasteiger partial charge in [-0.15, -0.1) is 0 Å². The Bertz CT molecular complexity index is 672. The molecule has 1 aromatic heterocycles. The Morgan fingerprint density at radius 2 is 1.90 bits per heavy atom. The minimum atomic E-state index is -0.378. The summed E-state index contributed by atoms with van der Waals surface area (Å²) < 4.78 is 1.53. The largest absolute Gasteiger partial charge is 0.319 e. The van der Waals surface area contributed by atoms with Crippen LogP contribution in [0.15, 0.2) is 33.3 Å². The van der Waals surface area contributed by atoms with Crippen LogP contribution in [0.4, 0.5) is 5.69 Å². The van der Waals surface area contributed by atoms with Crippen LogP contribution in [0.2, 0.25) is 5.02 Å². The van der Waals surface area contributed by atoms with E-state index >= 15 is 0 Å². The van der Waals surface area contributed by atoms with Gasteiger partial charge in [0.05, 0.1) is 16.9 Å². The second-order valence-corrected chi connectivity index (χ2v) is 6.75. The van der Waals surface area contributed by atoms with Gasteiger partial charge in [-0.25, -0.2) is 9.97 Å². The predicted octanol–water partition coefficient (Wildman–Crippen LogP) is 5.03. The van der Waals surface area contributed by atoms with Crippen LogP contribution in [-0.4, -0.2) is 15.9 Å². The van der Waals surface area contributed by atoms with Gasteiger partial charge in [0, 0.05) is 14.9 Å². The lowest BCUT2D eigenvalue weighted by molar-refractivity contribution is 0.102. The van der Waals surface area contributed by atoms with Crippen LogP contribution in [-0.2, 0) is 0 Å². The number of halogens is 3. The summed E-state index contributed by atoms with van der Waals surface area (Å²) in [7, 11) is 0. The zero-order valence-electron chi connectivity index (χ0n) is 11.3. The van der Waals surface area contributed by atoms with Crippen LogP contribution >= 0.6 is 43.5 Å². The van der Waals surface area contributed by atoms with Crippen molar-refractivity contribution in [3.05, 3.63) is 49.9 Å². The Morgan fingerprint density at radius 1 is 1.29 bits per heavy atom. The lowest BCUT2D eigenvalue weighted by Gasteiger charge is -2.11. The number of carbonyl (C=O) groups excluding carboxylic acids is 1. The molecule has 0 bridgehead atoms. The molecule has 0 saturated carbocycles. The predicted molar refractivity (Wildman–Crippen MR) is 90.9 cm³/mol. The molecular formula is C14H12Br2ClN3O. The fourth-order valence-electron chi connectivity index (χ4n) is 1.61. The maximum atomic E-state index is 12.4. The van der Waals surface area contributed by atoms with Crippen molar-refractivity contribution < 1.29 is 4.79 Å². The average Bonchev–Trinajstić information content (AvgIpc) is 2.43. The third-order valence-electron chi connectivity index (χ3n) is 2.70. The number of benzene rings is 1. The molecule has 0 atom stereocenters. The molecule has 0 aliphatic carbocycles. The highest BCUT2D eigenvalue weighted by molar-refractivity contribution is 9.11. The molecule has 4 nitrogen and oxygen atoms in total. The molecule has 0 saturated heterocycles. The summed E-state index contributed by atoms with van der Waals surface area (Å²) in [6, 6.07) is 5.53. The van der Waals surface area contributed by atoms with Crippen molar-refractivity contribution in [2.75, 3.05) is 5.32 Å². The van der Waals surface area contributed by atoms with Gasteiger partial charge in [-0.3, -0.25) is 4.79 Å². The molecule has 0 spiro atoms. The lowest BCUT2D eigenvalue weighted by atomic mass is 10.2. The molecule has 0 aliphatic heterocycles. The summed E-state index contributed by atoms with van der Waals surface area (Å²) in [5.74, 6) is 0.316. The van der Waals surface area contributed by atoms with E-state index in [1.807, 2.05) is 32.0 Å². The van der Waals surface area contributed by atoms with Crippen LogP contribution in [0.25, 0.3) is 0 Å². The fourth-order valence-corrected chi connectivity index (χ4v) is 2.98. The van der Waals surface area contributed by atoms with Crippen molar-refractivity contribution in [1.29, 1.82) is 0 Å². The van der Waals surface area contributed by atoms with Crippen LogP contribution in [0.1, 0.15) is 36.1 Å². The number of nitrogens with one attached hydrogen (secondary N) is 1. The highest BCUT2D eigenvalue weighted by Gasteiger charge is 2.17. The van der Waals surface area contributed by atoms with Crippen molar-refractivity contribution in [2.24, 2.45) is 0 Å². The molecule has 1 N–H and O–H groups in total. The Kier molecular flexibility index (Phi) is 5.35. The minimum Gasteiger partial charge on any atom is -0.319 e. The molecule has 1 amide bonds. The lowest BCUT2D eigenvalue weighted by Crippen LogP contribution is -2.17. The van der Waals surface area contributed by atoms with E-state index in [0.717, 1.165) is 8.95 Å². The summed E-state index contributed by atoms with van der Waals surface area (Å²) in [5, 5.41) is 3.02. The molecule has 21 heavy (non-hydrogen) atoms. The van der Waals surface area contributed by atoms with E-state index in [9.17, 15) is 4.79 Å². The molecule has 0 aliphatic rings. The minimum absolute atomic E-state index is 0.115. The number of para-hydroxylation sites is 1. The number of hydrogen-bond acceptors (Lipinski definition) is 3. The summed E-state index contributed by atoms with van der Waals surface area (Å²) in [6.45, 7) is 3.91. The van der Waals surface area contributed by atoms with Gasteiger partial charge in [-0.05, 0) is 44.0 Å². The highest BCUT2D eigenvalue weighted by atomic mass is 79.9. The summed E-state index contributed by atoms with van der Waals surface area (Å²) in [4.78, 5) is 20.7. The van der Waals surface area contributed by atoms with Crippen LogP contribution < -0.4 is 5.32 Å². The van der Waals surface area contributed by atoms with Crippen molar-refractivity contribution in [1.82, 2.24) is 9.97 Å². The fraction of sp³-hybridized carbons (Fsp3) is 0.214. The second-order valence-electron chi connectivity index (χ2n) is 4.63. The van der Waals surface area contributed by atoms with Gasteiger partial charge in [0.15, 0.2) is 5.69 Å². The average molecular weight is 434 g/mol. The van der Waals surface area contributed by atoms with Gasteiger partial charge in [-0.2, -0.15) is 0 Å². The van der Waals surface area contributed by atoms with Crippen LogP contribution in [0.5, 0.6) is 0 Å². The summed E-state index contributed by atoms with van der Waals surface area (Å²) in [5.41, 5.74) is 0.793. The van der Waals surface area contributed by atoms with Crippen molar-refractivity contribution in [3.63, 3.8) is 0 Å². The van der Waals surface area contributed by atoms with E-state index in [1.165, 1.54) is 6.20 Å². The topological polar surface area (TPSA) is 54.9 Å². The number of carbonyl (C=O) groups is 1. The Balaban J connectivity index is 2.35. The molecule has 2 rings (SSSR count). The van der Waals surface area contributed by atoms with E-state index in [1.54, 1.807) is 0 Å². The van der Waals surface area contributed by atoms with Crippen molar-refractivity contribution in [2.45, 2.75) is 19.8 Å². The van der Waals surface area contributed by atoms with Crippen molar-refractivity contribution in [3.8, 4) is 0 Å². The molecule has 110 valence electrons. The third kappa shape index (κ3) is 3.81. The van der Waals surface area contributed by atoms with E-state index in [-0.39, 0.29) is 22.5 Å². The number of rotatable bonds is 3. The maximum absolute atomic E-state index is 12.4. The molecule has 1 aromatic carbocycles. The SMILES string of the molecule is CC(C)c1ncc(Cl)c(C(=O)Nc2c(Br)cccc2Br)n1. The number of aromatic nitrogens is 2. The Hall–Kier alpha value is -0.980. The molecule has 0 fully saturated rings. The first kappa shape index (κ1) is 16.4. The van der Waals surface area contributed by atoms with E-state index in [2.05, 4.69) is 47.1 Å². The van der Waals surface area contributed by atoms with Crippen LogP contribution in [0.3, 0.4) is 0 Å². The first-order valence-corrected chi connectivity index (χ1v) is 8.14. The van der Waals surface area contributed by atoms with E-state index in [4.69, 9.17) is 11.6 Å². The highest BCUT2D eigenvalue weighted by Crippen LogP contribution is 2.31. The van der Waals surface area contributed by atoms with Crippen LogP contribution in [0, 0.1) is 0 Å². The molecule has 0 unspecified atom stereocenters. The van der Waals surface area contributed by atoms with Gasteiger partial charge >= 0.3 is 0 Å². The van der Waals surface area contributed by atoms with E-state index < -0.39 is 0 Å². The maximum Gasteiger partial charge on any atom is 0.276 e. The quantitative estimate of drug-likeness (QED) is 0.739. The number of nitrogens with zero attached hydrogens (tertiary/aromatic N) is 2. The van der Waals surface area contributed by atoms with Crippen molar-refractivity contribution >= 4 is 55.1 Å². The van der Waals surface area contributed by atoms with Gasteiger partial charge in [0.2, 0.25) is 0 Å². The first-order chi connectivity index (χ1) is 9.90. The molecule has 1 heterocycles. The molecule has 2 aromatic rings. The van der Waals surface area contributed by atoms with Gasteiger partial charge in [-0.1, -0.05) is 31.5 Å². The molecular weight excluding hydrogens is 421 g/mol. The molecule has 0 radical (unpaired) electrons. The standard InChI is InChI=1S/C14H12Br2ClN3O/c1-7(2)13-18-6-10(17)12(19-13)14(21)20-11-8(15)4-3-5-9(11)16/h3-7H,1-2H3,(H,20,21). The second kappa shape index (κ2) is 6.85. The Morgan fingerprint density at radius 3 is 2.48 bits per heavy atom. The molecule has 7 heteroatoms. The van der Waals surface area contributed by atoms with Gasteiger partial charge < -0.3 is 5.32 Å². The van der Waals surface area contributed by atoms with E-state index in [0.29, 0.717) is 11.5 Å². The summed E-state index contributed by atoms with van der Waals surface area (Å²) >= 11 is 12.8. The smallest absolute Gasteiger partial charge is 0.276 e. The summed E-state index contributed by atoms with van der Waals surface area (Å²) in [6.07, 6.45) is 1.45. The number of amides is 1. The zero-order valence-corrected chi connectivity index (χ0v) is 15.3. The Labute approximate surface area is 144 Å². The third-order valence-corrected chi connectivity index (χ3v) is 4.29. The zero-order chi connectivity index (χ0) is 15.6. The monoisotopic (exact) mass is 431 g/mol. The number of hydrogen-bond donors (Lipinski definition) is 1. The normalized spacial score (nSPS) is 10.8.